The first-order valence-corrected chi connectivity index (χ1v) is 13.0. The van der Waals surface area contributed by atoms with E-state index in [4.69, 9.17) is 4.74 Å². The lowest BCUT2D eigenvalue weighted by atomic mass is 10.1. The van der Waals surface area contributed by atoms with Crippen LogP contribution in [-0.2, 0) is 21.1 Å². The predicted molar refractivity (Wildman–Crippen MR) is 131 cm³/mol. The van der Waals surface area contributed by atoms with Crippen molar-refractivity contribution in [3.63, 3.8) is 0 Å². The second-order valence-electron chi connectivity index (χ2n) is 7.50. The number of sulfone groups is 1. The summed E-state index contributed by atoms with van der Waals surface area (Å²) in [5.74, 6) is 1.26. The molecule has 4 rings (SSSR count). The zero-order chi connectivity index (χ0) is 23.4. The van der Waals surface area contributed by atoms with Crippen molar-refractivity contribution in [1.29, 1.82) is 0 Å². The Labute approximate surface area is 195 Å². The molecular weight excluding hydrogens is 460 g/mol. The Balaban J connectivity index is 1.55. The molecule has 0 fully saturated rings. The van der Waals surface area contributed by atoms with Gasteiger partial charge in [-0.05, 0) is 47.7 Å². The standard InChI is InChI=1S/C23H22N4O4S2/c1-15(28)24-18-4-3-5-19(14-18)31-22-21-20(10-12-32-21)26-23(27-22)25-17-8-6-16(7-9-17)11-13-33(2,29)30/h3-10,12,14H,11,13H2,1-2H3,(H,24,28)(H,25,26,27). The minimum absolute atomic E-state index is 0.113. The molecule has 2 N–H and O–H groups in total. The quantitative estimate of drug-likeness (QED) is 0.372. The summed E-state index contributed by atoms with van der Waals surface area (Å²) in [6.07, 6.45) is 1.70. The van der Waals surface area contributed by atoms with Crippen LogP contribution >= 0.6 is 11.3 Å². The summed E-state index contributed by atoms with van der Waals surface area (Å²) in [4.78, 5) is 20.4. The molecule has 0 saturated carbocycles. The summed E-state index contributed by atoms with van der Waals surface area (Å²) in [6.45, 7) is 1.45. The highest BCUT2D eigenvalue weighted by Crippen LogP contribution is 2.33. The second-order valence-corrected chi connectivity index (χ2v) is 10.7. The van der Waals surface area contributed by atoms with Gasteiger partial charge in [-0.15, -0.1) is 11.3 Å². The zero-order valence-electron chi connectivity index (χ0n) is 18.0. The van der Waals surface area contributed by atoms with E-state index in [0.29, 0.717) is 29.7 Å². The third-order valence-electron chi connectivity index (χ3n) is 4.61. The second kappa shape index (κ2) is 9.55. The highest BCUT2D eigenvalue weighted by molar-refractivity contribution is 7.90. The van der Waals surface area contributed by atoms with Crippen molar-refractivity contribution < 1.29 is 17.9 Å². The van der Waals surface area contributed by atoms with Gasteiger partial charge in [-0.2, -0.15) is 4.98 Å². The number of benzene rings is 2. The summed E-state index contributed by atoms with van der Waals surface area (Å²) in [5, 5.41) is 7.83. The van der Waals surface area contributed by atoms with Crippen molar-refractivity contribution >= 4 is 54.6 Å². The Morgan fingerprint density at radius 2 is 1.85 bits per heavy atom. The number of ether oxygens (including phenoxy) is 1. The Bertz CT molecular complexity index is 1400. The first-order valence-electron chi connectivity index (χ1n) is 10.1. The van der Waals surface area contributed by atoms with Crippen molar-refractivity contribution in [2.45, 2.75) is 13.3 Å². The zero-order valence-corrected chi connectivity index (χ0v) is 19.7. The fourth-order valence-electron chi connectivity index (χ4n) is 3.10. The van der Waals surface area contributed by atoms with Crippen LogP contribution in [0, 0.1) is 0 Å². The van der Waals surface area contributed by atoms with Gasteiger partial charge in [-0.1, -0.05) is 18.2 Å². The molecule has 170 valence electrons. The first kappa shape index (κ1) is 22.7. The average Bonchev–Trinajstić information content (AvgIpc) is 3.21. The molecule has 0 aliphatic heterocycles. The number of amides is 1. The fourth-order valence-corrected chi connectivity index (χ4v) is 4.46. The van der Waals surface area contributed by atoms with Gasteiger partial charge in [0.25, 0.3) is 0 Å². The molecule has 0 radical (unpaired) electrons. The number of fused-ring (bicyclic) bond motifs is 1. The van der Waals surface area contributed by atoms with E-state index in [1.165, 1.54) is 24.5 Å². The van der Waals surface area contributed by atoms with E-state index in [0.717, 1.165) is 21.5 Å². The summed E-state index contributed by atoms with van der Waals surface area (Å²) in [6, 6.07) is 16.4. The summed E-state index contributed by atoms with van der Waals surface area (Å²) >= 11 is 1.48. The number of hydrogen-bond acceptors (Lipinski definition) is 8. The lowest BCUT2D eigenvalue weighted by molar-refractivity contribution is -0.114. The van der Waals surface area contributed by atoms with Crippen LogP contribution in [0.25, 0.3) is 10.2 Å². The lowest BCUT2D eigenvalue weighted by Gasteiger charge is -2.11. The number of hydrogen-bond donors (Lipinski definition) is 2. The van der Waals surface area contributed by atoms with Gasteiger partial charge in [0, 0.05) is 30.6 Å². The normalized spacial score (nSPS) is 11.3. The Morgan fingerprint density at radius 1 is 1.06 bits per heavy atom. The number of nitrogens with one attached hydrogen (secondary N) is 2. The van der Waals surface area contributed by atoms with Gasteiger partial charge in [-0.25, -0.2) is 13.4 Å². The van der Waals surface area contributed by atoms with Gasteiger partial charge in [-0.3, -0.25) is 4.79 Å². The number of carbonyl (C=O) groups is 1. The Kier molecular flexibility index (Phi) is 6.57. The topological polar surface area (TPSA) is 110 Å². The van der Waals surface area contributed by atoms with Gasteiger partial charge >= 0.3 is 0 Å². The molecule has 0 spiro atoms. The largest absolute Gasteiger partial charge is 0.437 e. The molecule has 0 aliphatic rings. The highest BCUT2D eigenvalue weighted by atomic mass is 32.2. The fraction of sp³-hybridized carbons (Fsp3) is 0.174. The molecule has 0 unspecified atom stereocenters. The van der Waals surface area contributed by atoms with E-state index in [1.54, 1.807) is 24.3 Å². The number of nitrogens with zero attached hydrogens (tertiary/aromatic N) is 2. The van der Waals surface area contributed by atoms with E-state index in [-0.39, 0.29) is 11.7 Å². The molecular formula is C23H22N4O4S2. The monoisotopic (exact) mass is 482 g/mol. The number of aromatic nitrogens is 2. The average molecular weight is 483 g/mol. The van der Waals surface area contributed by atoms with Crippen molar-refractivity contribution in [3.05, 3.63) is 65.5 Å². The maximum absolute atomic E-state index is 11.4. The summed E-state index contributed by atoms with van der Waals surface area (Å²) in [7, 11) is -3.00. The van der Waals surface area contributed by atoms with Crippen molar-refractivity contribution in [1.82, 2.24) is 9.97 Å². The molecule has 4 aromatic rings. The Hall–Kier alpha value is -3.50. The smallest absolute Gasteiger partial charge is 0.242 e. The van der Waals surface area contributed by atoms with Crippen LogP contribution in [0.1, 0.15) is 12.5 Å². The van der Waals surface area contributed by atoms with Gasteiger partial charge < -0.3 is 15.4 Å². The van der Waals surface area contributed by atoms with Crippen LogP contribution < -0.4 is 15.4 Å². The molecule has 1 amide bonds. The van der Waals surface area contributed by atoms with Gasteiger partial charge in [0.15, 0.2) is 0 Å². The van der Waals surface area contributed by atoms with E-state index < -0.39 is 9.84 Å². The van der Waals surface area contributed by atoms with Crippen LogP contribution in [-0.4, -0.2) is 36.3 Å². The van der Waals surface area contributed by atoms with E-state index in [2.05, 4.69) is 20.6 Å². The Morgan fingerprint density at radius 3 is 2.58 bits per heavy atom. The van der Waals surface area contributed by atoms with Gasteiger partial charge in [0.2, 0.25) is 17.7 Å². The van der Waals surface area contributed by atoms with Crippen LogP contribution in [0.4, 0.5) is 17.3 Å². The van der Waals surface area contributed by atoms with E-state index >= 15 is 0 Å². The molecule has 0 bridgehead atoms. The molecule has 0 aliphatic carbocycles. The van der Waals surface area contributed by atoms with Crippen LogP contribution in [0.5, 0.6) is 11.6 Å². The van der Waals surface area contributed by atoms with Gasteiger partial charge in [0.1, 0.15) is 20.3 Å². The number of aryl methyl sites for hydroxylation is 1. The van der Waals surface area contributed by atoms with Crippen LogP contribution in [0.2, 0.25) is 0 Å². The SMILES string of the molecule is CC(=O)Nc1cccc(Oc2nc(Nc3ccc(CCS(C)(=O)=O)cc3)nc3ccsc23)c1. The summed E-state index contributed by atoms with van der Waals surface area (Å²) < 4.78 is 29.6. The van der Waals surface area contributed by atoms with Crippen molar-refractivity contribution in [2.24, 2.45) is 0 Å². The maximum atomic E-state index is 11.4. The molecule has 2 aromatic heterocycles. The predicted octanol–water partition coefficient (Wildman–Crippen LogP) is 4.77. The minimum Gasteiger partial charge on any atom is -0.437 e. The van der Waals surface area contributed by atoms with Crippen LogP contribution in [0.15, 0.2) is 60.0 Å². The molecule has 8 nitrogen and oxygen atoms in total. The highest BCUT2D eigenvalue weighted by Gasteiger charge is 2.12. The lowest BCUT2D eigenvalue weighted by Crippen LogP contribution is -2.06. The third-order valence-corrected chi connectivity index (χ3v) is 6.45. The number of carbonyl (C=O) groups excluding carboxylic acids is 1. The van der Waals surface area contributed by atoms with Crippen molar-refractivity contribution in [2.75, 3.05) is 22.6 Å². The third kappa shape index (κ3) is 6.27. The first-order chi connectivity index (χ1) is 15.7. The molecule has 0 saturated heterocycles. The van der Waals surface area contributed by atoms with Gasteiger partial charge in [0.05, 0.1) is 11.3 Å². The molecule has 0 atom stereocenters. The molecule has 2 heterocycles. The number of anilines is 3. The molecule has 10 heteroatoms. The number of rotatable bonds is 8. The van der Waals surface area contributed by atoms with Crippen LogP contribution in [0.3, 0.4) is 0 Å². The minimum atomic E-state index is -3.00. The number of thiophene rings is 1. The van der Waals surface area contributed by atoms with E-state index in [1.807, 2.05) is 35.7 Å². The molecule has 2 aromatic carbocycles. The maximum Gasteiger partial charge on any atom is 0.242 e. The van der Waals surface area contributed by atoms with E-state index in [9.17, 15) is 13.2 Å². The summed E-state index contributed by atoms with van der Waals surface area (Å²) in [5.41, 5.74) is 3.08. The molecule has 33 heavy (non-hydrogen) atoms. The van der Waals surface area contributed by atoms with Crippen molar-refractivity contribution in [3.8, 4) is 11.6 Å².